The number of ether oxygens (including phenoxy) is 1. The summed E-state index contributed by atoms with van der Waals surface area (Å²) in [5, 5.41) is 2.82. The number of hydrogen-bond acceptors (Lipinski definition) is 5. The highest BCUT2D eigenvalue weighted by atomic mass is 16.5. The smallest absolute Gasteiger partial charge is 0.239 e. The molecule has 1 aromatic heterocycles. The van der Waals surface area contributed by atoms with Gasteiger partial charge in [-0.2, -0.15) is 0 Å². The van der Waals surface area contributed by atoms with E-state index < -0.39 is 5.54 Å². The first-order valence-corrected chi connectivity index (χ1v) is 6.03. The van der Waals surface area contributed by atoms with Gasteiger partial charge in [0.25, 0.3) is 0 Å². The van der Waals surface area contributed by atoms with E-state index in [0.29, 0.717) is 11.6 Å². The van der Waals surface area contributed by atoms with Gasteiger partial charge >= 0.3 is 0 Å². The van der Waals surface area contributed by atoms with Crippen molar-refractivity contribution in [1.29, 1.82) is 0 Å². The molecule has 0 atom stereocenters. The summed E-state index contributed by atoms with van der Waals surface area (Å²) in [5.74, 6) is 0.219. The molecule has 106 valence electrons. The summed E-state index contributed by atoms with van der Waals surface area (Å²) in [6, 6.07) is 1.81. The largest absolute Gasteiger partial charge is 0.479 e. The normalized spacial score (nSPS) is 11.1. The molecule has 0 aliphatic rings. The van der Waals surface area contributed by atoms with Crippen molar-refractivity contribution in [1.82, 2.24) is 4.98 Å². The average molecular weight is 266 g/mol. The number of nitrogens with zero attached hydrogens (tertiary/aromatic N) is 2. The van der Waals surface area contributed by atoms with Crippen LogP contribution in [-0.2, 0) is 4.79 Å². The number of carbonyl (C=O) groups is 1. The molecule has 19 heavy (non-hydrogen) atoms. The summed E-state index contributed by atoms with van der Waals surface area (Å²) in [6.07, 6.45) is 1.86. The van der Waals surface area contributed by atoms with Crippen molar-refractivity contribution in [3.05, 3.63) is 12.3 Å². The molecule has 0 bridgehead atoms. The van der Waals surface area contributed by atoms with Crippen LogP contribution >= 0.6 is 0 Å². The van der Waals surface area contributed by atoms with Crippen LogP contribution in [0.15, 0.2) is 12.3 Å². The molecule has 1 aromatic rings. The molecule has 0 spiro atoms. The Hall–Kier alpha value is -1.82. The van der Waals surface area contributed by atoms with Crippen LogP contribution in [0, 0.1) is 0 Å². The molecule has 0 aliphatic carbocycles. The summed E-state index contributed by atoms with van der Waals surface area (Å²) in [6.45, 7) is 3.61. The van der Waals surface area contributed by atoms with Crippen molar-refractivity contribution < 1.29 is 9.53 Å². The third-order valence-corrected chi connectivity index (χ3v) is 2.45. The second kappa shape index (κ2) is 5.88. The lowest BCUT2D eigenvalue weighted by atomic mass is 10.0. The van der Waals surface area contributed by atoms with Gasteiger partial charge < -0.3 is 20.7 Å². The summed E-state index contributed by atoms with van der Waals surface area (Å²) >= 11 is 0. The van der Waals surface area contributed by atoms with Gasteiger partial charge in [-0.25, -0.2) is 4.98 Å². The van der Waals surface area contributed by atoms with Crippen LogP contribution in [0.25, 0.3) is 0 Å². The van der Waals surface area contributed by atoms with Gasteiger partial charge in [-0.3, -0.25) is 4.79 Å². The molecule has 1 amide bonds. The van der Waals surface area contributed by atoms with E-state index in [9.17, 15) is 4.79 Å². The SMILES string of the molecule is COc1nccc(N(C)C)c1NC(=O)CC(C)(C)N. The minimum Gasteiger partial charge on any atom is -0.479 e. The van der Waals surface area contributed by atoms with Crippen LogP contribution in [0.4, 0.5) is 11.4 Å². The van der Waals surface area contributed by atoms with E-state index in [2.05, 4.69) is 10.3 Å². The lowest BCUT2D eigenvalue weighted by Crippen LogP contribution is -2.36. The van der Waals surface area contributed by atoms with Crippen molar-refractivity contribution in [2.75, 3.05) is 31.4 Å². The summed E-state index contributed by atoms with van der Waals surface area (Å²) < 4.78 is 5.18. The van der Waals surface area contributed by atoms with E-state index >= 15 is 0 Å². The standard InChI is InChI=1S/C13H22N4O2/c1-13(2,14)8-10(18)16-11-9(17(3)4)6-7-15-12(11)19-5/h6-7H,8,14H2,1-5H3,(H,16,18). The van der Waals surface area contributed by atoms with Crippen LogP contribution in [0.5, 0.6) is 5.88 Å². The molecule has 0 radical (unpaired) electrons. The molecule has 3 N–H and O–H groups in total. The number of amides is 1. The molecular formula is C13H22N4O2. The first kappa shape index (κ1) is 15.2. The summed E-state index contributed by atoms with van der Waals surface area (Å²) in [5.41, 5.74) is 6.67. The quantitative estimate of drug-likeness (QED) is 0.837. The molecule has 0 saturated heterocycles. The Morgan fingerprint density at radius 3 is 2.63 bits per heavy atom. The van der Waals surface area contributed by atoms with Gasteiger partial charge in [0.15, 0.2) is 0 Å². The molecular weight excluding hydrogens is 244 g/mol. The fourth-order valence-electron chi connectivity index (χ4n) is 1.68. The number of nitrogens with one attached hydrogen (secondary N) is 1. The van der Waals surface area contributed by atoms with Gasteiger partial charge in [-0.05, 0) is 19.9 Å². The van der Waals surface area contributed by atoms with E-state index in [1.54, 1.807) is 20.0 Å². The third-order valence-electron chi connectivity index (χ3n) is 2.45. The predicted octanol–water partition coefficient (Wildman–Crippen LogP) is 1.22. The predicted molar refractivity (Wildman–Crippen MR) is 76.6 cm³/mol. The van der Waals surface area contributed by atoms with Crippen LogP contribution < -0.4 is 20.7 Å². The number of pyridine rings is 1. The molecule has 1 heterocycles. The Kier molecular flexibility index (Phi) is 4.72. The highest BCUT2D eigenvalue weighted by Crippen LogP contribution is 2.32. The third kappa shape index (κ3) is 4.40. The van der Waals surface area contributed by atoms with Gasteiger partial charge in [0, 0.05) is 32.3 Å². The molecule has 0 aromatic carbocycles. The topological polar surface area (TPSA) is 80.5 Å². The second-order valence-electron chi connectivity index (χ2n) is 5.32. The first-order valence-electron chi connectivity index (χ1n) is 6.03. The molecule has 6 nitrogen and oxygen atoms in total. The Labute approximate surface area is 113 Å². The van der Waals surface area contributed by atoms with Crippen molar-refractivity contribution >= 4 is 17.3 Å². The zero-order chi connectivity index (χ0) is 14.6. The maximum atomic E-state index is 12.0. The van der Waals surface area contributed by atoms with Crippen LogP contribution in [-0.4, -0.2) is 37.6 Å². The van der Waals surface area contributed by atoms with Gasteiger partial charge in [0.2, 0.25) is 11.8 Å². The zero-order valence-electron chi connectivity index (χ0n) is 12.2. The first-order chi connectivity index (χ1) is 8.74. The number of hydrogen-bond donors (Lipinski definition) is 2. The van der Waals surface area contributed by atoms with Gasteiger partial charge in [0.05, 0.1) is 12.8 Å². The number of nitrogens with two attached hydrogens (primary N) is 1. The maximum absolute atomic E-state index is 12.0. The Morgan fingerprint density at radius 2 is 2.16 bits per heavy atom. The highest BCUT2D eigenvalue weighted by molar-refractivity contribution is 5.96. The number of rotatable bonds is 5. The summed E-state index contributed by atoms with van der Waals surface area (Å²) in [7, 11) is 5.29. The molecule has 1 rings (SSSR count). The highest BCUT2D eigenvalue weighted by Gasteiger charge is 2.20. The summed E-state index contributed by atoms with van der Waals surface area (Å²) in [4.78, 5) is 18.0. The molecule has 0 saturated carbocycles. The fourth-order valence-corrected chi connectivity index (χ4v) is 1.68. The molecule has 0 fully saturated rings. The second-order valence-corrected chi connectivity index (χ2v) is 5.32. The molecule has 0 unspecified atom stereocenters. The van der Waals surface area contributed by atoms with E-state index in [0.717, 1.165) is 5.69 Å². The van der Waals surface area contributed by atoms with E-state index in [-0.39, 0.29) is 12.3 Å². The van der Waals surface area contributed by atoms with E-state index in [4.69, 9.17) is 10.5 Å². The number of anilines is 2. The van der Waals surface area contributed by atoms with E-state index in [1.165, 1.54) is 7.11 Å². The number of methoxy groups -OCH3 is 1. The van der Waals surface area contributed by atoms with E-state index in [1.807, 2.05) is 25.1 Å². The van der Waals surface area contributed by atoms with Crippen molar-refractivity contribution in [2.45, 2.75) is 25.8 Å². The number of aromatic nitrogens is 1. The fraction of sp³-hybridized carbons (Fsp3) is 0.538. The molecule has 6 heteroatoms. The van der Waals surface area contributed by atoms with Crippen LogP contribution in [0.2, 0.25) is 0 Å². The monoisotopic (exact) mass is 266 g/mol. The average Bonchev–Trinajstić information content (AvgIpc) is 2.26. The van der Waals surface area contributed by atoms with Crippen LogP contribution in [0.3, 0.4) is 0 Å². The Balaban J connectivity index is 3.01. The van der Waals surface area contributed by atoms with Gasteiger partial charge in [0.1, 0.15) is 5.69 Å². The van der Waals surface area contributed by atoms with Gasteiger partial charge in [-0.1, -0.05) is 0 Å². The Bertz CT molecular complexity index is 452. The minimum absolute atomic E-state index is 0.165. The Morgan fingerprint density at radius 1 is 1.53 bits per heavy atom. The lowest BCUT2D eigenvalue weighted by molar-refractivity contribution is -0.117. The zero-order valence-corrected chi connectivity index (χ0v) is 12.2. The van der Waals surface area contributed by atoms with Crippen molar-refractivity contribution in [3.8, 4) is 5.88 Å². The number of carbonyl (C=O) groups excluding carboxylic acids is 1. The lowest BCUT2D eigenvalue weighted by Gasteiger charge is -2.21. The van der Waals surface area contributed by atoms with Crippen molar-refractivity contribution in [2.24, 2.45) is 5.73 Å². The molecule has 0 aliphatic heterocycles. The van der Waals surface area contributed by atoms with Crippen LogP contribution in [0.1, 0.15) is 20.3 Å². The van der Waals surface area contributed by atoms with Crippen molar-refractivity contribution in [3.63, 3.8) is 0 Å². The van der Waals surface area contributed by atoms with Gasteiger partial charge in [-0.15, -0.1) is 0 Å². The minimum atomic E-state index is -0.558. The maximum Gasteiger partial charge on any atom is 0.239 e.